The van der Waals surface area contributed by atoms with Crippen LogP contribution in [-0.2, 0) is 4.79 Å². The van der Waals surface area contributed by atoms with Crippen LogP contribution in [0.5, 0.6) is 0 Å². The van der Waals surface area contributed by atoms with E-state index in [-0.39, 0.29) is 11.7 Å². The summed E-state index contributed by atoms with van der Waals surface area (Å²) in [6.07, 6.45) is 0. The van der Waals surface area contributed by atoms with Crippen LogP contribution in [0, 0.1) is 13.8 Å². The molecule has 0 spiro atoms. The van der Waals surface area contributed by atoms with Crippen LogP contribution < -0.4 is 16.0 Å². The summed E-state index contributed by atoms with van der Waals surface area (Å²) in [6, 6.07) is 30.8. The van der Waals surface area contributed by atoms with E-state index in [1.54, 1.807) is 12.1 Å². The Morgan fingerprint density at radius 1 is 0.711 bits per heavy atom. The Hall–Kier alpha value is -3.94. The minimum Gasteiger partial charge on any atom is -0.332 e. The van der Waals surface area contributed by atoms with Gasteiger partial charge < -0.3 is 16.0 Å². The number of ketones is 1. The molecule has 38 heavy (non-hydrogen) atoms. The summed E-state index contributed by atoms with van der Waals surface area (Å²) in [4.78, 5) is 25.9. The SMILES string of the molecule is CC(=O)c1ccc(NC(=S)Nc2cccc(SC(C(=O)Nc3cc(C)cc(C)c3)c3ccccc3)c2)cc1. The van der Waals surface area contributed by atoms with E-state index >= 15 is 0 Å². The van der Waals surface area contributed by atoms with Crippen molar-refractivity contribution >= 4 is 57.8 Å². The summed E-state index contributed by atoms with van der Waals surface area (Å²) in [5.74, 6) is -0.0705. The zero-order valence-electron chi connectivity index (χ0n) is 21.4. The first-order valence-electron chi connectivity index (χ1n) is 12.2. The van der Waals surface area contributed by atoms with Crippen molar-refractivity contribution in [2.24, 2.45) is 0 Å². The molecule has 0 aromatic heterocycles. The lowest BCUT2D eigenvalue weighted by atomic mass is 10.1. The molecule has 1 atom stereocenters. The van der Waals surface area contributed by atoms with Gasteiger partial charge in [0.25, 0.3) is 0 Å². The first-order chi connectivity index (χ1) is 18.3. The summed E-state index contributed by atoms with van der Waals surface area (Å²) in [7, 11) is 0. The molecule has 0 aliphatic rings. The Bertz CT molecular complexity index is 1430. The van der Waals surface area contributed by atoms with E-state index in [0.717, 1.165) is 38.6 Å². The molecular formula is C31H29N3O2S2. The molecule has 0 heterocycles. The van der Waals surface area contributed by atoms with Crippen molar-refractivity contribution in [3.63, 3.8) is 0 Å². The zero-order chi connectivity index (χ0) is 27.1. The van der Waals surface area contributed by atoms with Crippen molar-refractivity contribution in [3.8, 4) is 0 Å². The van der Waals surface area contributed by atoms with Gasteiger partial charge in [-0.15, -0.1) is 11.8 Å². The number of rotatable bonds is 8. The molecule has 7 heteroatoms. The van der Waals surface area contributed by atoms with Gasteiger partial charge in [0.15, 0.2) is 10.9 Å². The van der Waals surface area contributed by atoms with Crippen LogP contribution in [0.1, 0.15) is 39.2 Å². The number of Topliss-reactive ketones (excluding diaryl/α,β-unsaturated/α-hetero) is 1. The average molecular weight is 540 g/mol. The molecule has 0 aliphatic heterocycles. The van der Waals surface area contributed by atoms with Crippen LogP contribution in [0.3, 0.4) is 0 Å². The van der Waals surface area contributed by atoms with Crippen LogP contribution >= 0.6 is 24.0 Å². The van der Waals surface area contributed by atoms with Crippen LogP contribution in [0.25, 0.3) is 0 Å². The smallest absolute Gasteiger partial charge is 0.242 e. The largest absolute Gasteiger partial charge is 0.332 e. The van der Waals surface area contributed by atoms with E-state index in [9.17, 15) is 9.59 Å². The van der Waals surface area contributed by atoms with Gasteiger partial charge in [-0.05, 0) is 104 Å². The van der Waals surface area contributed by atoms with Crippen molar-refractivity contribution in [2.45, 2.75) is 30.9 Å². The summed E-state index contributed by atoms with van der Waals surface area (Å²) in [6.45, 7) is 5.57. The highest BCUT2D eigenvalue weighted by Gasteiger charge is 2.22. The van der Waals surface area contributed by atoms with Crippen molar-refractivity contribution in [2.75, 3.05) is 16.0 Å². The minimum atomic E-state index is -0.447. The maximum Gasteiger partial charge on any atom is 0.242 e. The van der Waals surface area contributed by atoms with Crippen molar-refractivity contribution < 1.29 is 9.59 Å². The number of amides is 1. The minimum absolute atomic E-state index is 0.0167. The molecule has 1 amide bonds. The predicted octanol–water partition coefficient (Wildman–Crippen LogP) is 7.79. The molecule has 1 unspecified atom stereocenters. The van der Waals surface area contributed by atoms with Crippen LogP contribution in [0.15, 0.2) is 102 Å². The molecule has 4 aromatic carbocycles. The lowest BCUT2D eigenvalue weighted by Gasteiger charge is -2.18. The maximum absolute atomic E-state index is 13.5. The quantitative estimate of drug-likeness (QED) is 0.121. The number of anilines is 3. The zero-order valence-corrected chi connectivity index (χ0v) is 23.1. The molecular weight excluding hydrogens is 510 g/mol. The number of hydrogen-bond donors (Lipinski definition) is 3. The van der Waals surface area contributed by atoms with Crippen LogP contribution in [0.2, 0.25) is 0 Å². The molecule has 0 bridgehead atoms. The second-order valence-electron chi connectivity index (χ2n) is 9.01. The fraction of sp³-hybridized carbons (Fsp3) is 0.129. The Balaban J connectivity index is 1.48. The second kappa shape index (κ2) is 12.5. The van der Waals surface area contributed by atoms with Crippen molar-refractivity contribution in [1.82, 2.24) is 0 Å². The van der Waals surface area contributed by atoms with Gasteiger partial charge in [-0.3, -0.25) is 9.59 Å². The summed E-state index contributed by atoms with van der Waals surface area (Å²) < 4.78 is 0. The number of carbonyl (C=O) groups is 2. The second-order valence-corrected chi connectivity index (χ2v) is 10.6. The number of benzene rings is 4. The first-order valence-corrected chi connectivity index (χ1v) is 13.5. The van der Waals surface area contributed by atoms with E-state index in [2.05, 4.69) is 22.0 Å². The number of carbonyl (C=O) groups excluding carboxylic acids is 2. The number of thioether (sulfide) groups is 1. The predicted molar refractivity (Wildman–Crippen MR) is 162 cm³/mol. The summed E-state index contributed by atoms with van der Waals surface area (Å²) in [5.41, 5.74) is 6.14. The topological polar surface area (TPSA) is 70.2 Å². The third-order valence-corrected chi connectivity index (χ3v) is 7.18. The first kappa shape index (κ1) is 27.1. The van der Waals surface area contributed by atoms with Crippen LogP contribution in [-0.4, -0.2) is 16.8 Å². The Morgan fingerprint density at radius 2 is 1.37 bits per heavy atom. The van der Waals surface area contributed by atoms with Gasteiger partial charge in [0.2, 0.25) is 5.91 Å². The molecule has 0 radical (unpaired) electrons. The van der Waals surface area contributed by atoms with Gasteiger partial charge in [-0.2, -0.15) is 0 Å². The Labute approximate surface area is 233 Å². The molecule has 4 rings (SSSR count). The molecule has 0 fully saturated rings. The van der Waals surface area contributed by atoms with Crippen LogP contribution in [0.4, 0.5) is 17.1 Å². The van der Waals surface area contributed by atoms with Gasteiger partial charge in [-0.25, -0.2) is 0 Å². The lowest BCUT2D eigenvalue weighted by molar-refractivity contribution is -0.115. The molecule has 0 saturated carbocycles. The third-order valence-electron chi connectivity index (χ3n) is 5.72. The lowest BCUT2D eigenvalue weighted by Crippen LogP contribution is -2.20. The van der Waals surface area contributed by atoms with Crippen molar-refractivity contribution in [3.05, 3.63) is 119 Å². The monoisotopic (exact) mass is 539 g/mol. The highest BCUT2D eigenvalue weighted by Crippen LogP contribution is 2.37. The highest BCUT2D eigenvalue weighted by atomic mass is 32.2. The molecule has 0 saturated heterocycles. The normalized spacial score (nSPS) is 11.3. The Morgan fingerprint density at radius 3 is 2.03 bits per heavy atom. The molecule has 192 valence electrons. The van der Waals surface area contributed by atoms with E-state index in [4.69, 9.17) is 12.2 Å². The van der Waals surface area contributed by atoms with E-state index in [1.165, 1.54) is 18.7 Å². The number of nitrogens with one attached hydrogen (secondary N) is 3. The fourth-order valence-electron chi connectivity index (χ4n) is 4.02. The molecule has 4 aromatic rings. The van der Waals surface area contributed by atoms with Gasteiger partial charge in [0, 0.05) is 27.5 Å². The van der Waals surface area contributed by atoms with Gasteiger partial charge >= 0.3 is 0 Å². The Kier molecular flexibility index (Phi) is 8.94. The van der Waals surface area contributed by atoms with E-state index in [0.29, 0.717) is 10.7 Å². The van der Waals surface area contributed by atoms with Crippen molar-refractivity contribution in [1.29, 1.82) is 0 Å². The summed E-state index contributed by atoms with van der Waals surface area (Å²) >= 11 is 6.96. The number of thiocarbonyl (C=S) groups is 1. The van der Waals surface area contributed by atoms with Gasteiger partial charge in [-0.1, -0.05) is 42.5 Å². The van der Waals surface area contributed by atoms with E-state index in [1.807, 2.05) is 92.7 Å². The summed E-state index contributed by atoms with van der Waals surface area (Å²) in [5, 5.41) is 9.42. The standard InChI is InChI=1S/C31H29N3O2S2/c1-20-16-21(2)18-27(17-20)32-30(36)29(24-8-5-4-6-9-24)38-28-11-7-10-26(19-28)34-31(37)33-25-14-12-23(13-15-25)22(3)35/h4-19,29H,1-3H3,(H,32,36)(H2,33,34,37). The average Bonchev–Trinajstić information content (AvgIpc) is 2.87. The molecule has 0 aliphatic carbocycles. The molecule has 5 nitrogen and oxygen atoms in total. The molecule has 3 N–H and O–H groups in total. The fourth-order valence-corrected chi connectivity index (χ4v) is 5.34. The highest BCUT2D eigenvalue weighted by molar-refractivity contribution is 8.00. The van der Waals surface area contributed by atoms with Gasteiger partial charge in [0.05, 0.1) is 0 Å². The third kappa shape index (κ3) is 7.54. The number of aryl methyl sites for hydroxylation is 2. The van der Waals surface area contributed by atoms with Gasteiger partial charge in [0.1, 0.15) is 5.25 Å². The maximum atomic E-state index is 13.5. The van der Waals surface area contributed by atoms with E-state index < -0.39 is 5.25 Å². The number of hydrogen-bond acceptors (Lipinski definition) is 4.